The second-order valence-corrected chi connectivity index (χ2v) is 3.94. The van der Waals surface area contributed by atoms with E-state index in [1.54, 1.807) is 23.9 Å². The summed E-state index contributed by atoms with van der Waals surface area (Å²) in [7, 11) is 1.62. The van der Waals surface area contributed by atoms with E-state index in [1.165, 1.54) is 0 Å². The maximum Gasteiger partial charge on any atom is 0.102 e. The average Bonchev–Trinajstić information content (AvgIpc) is 2.74. The molecule has 2 N–H and O–H groups in total. The first-order chi connectivity index (χ1) is 8.26. The van der Waals surface area contributed by atoms with Gasteiger partial charge in [0.05, 0.1) is 18.0 Å². The van der Waals surface area contributed by atoms with Crippen LogP contribution < -0.4 is 5.73 Å². The molecule has 0 unspecified atom stereocenters. The van der Waals surface area contributed by atoms with Gasteiger partial charge < -0.3 is 10.5 Å². The topological polar surface area (TPSA) is 66.0 Å². The van der Waals surface area contributed by atoms with Gasteiger partial charge in [0, 0.05) is 18.7 Å². The Morgan fingerprint density at radius 3 is 2.65 bits per heavy atom. The van der Waals surface area contributed by atoms with Crippen molar-refractivity contribution in [3.05, 3.63) is 40.7 Å². The smallest absolute Gasteiger partial charge is 0.102 e. The minimum atomic E-state index is 0.340. The number of hydrogen-bond donors (Lipinski definition) is 1. The van der Waals surface area contributed by atoms with Crippen LogP contribution in [0.25, 0.3) is 5.69 Å². The lowest BCUT2D eigenvalue weighted by atomic mass is 10.3. The van der Waals surface area contributed by atoms with Gasteiger partial charge in [-0.15, -0.1) is 5.10 Å². The molecule has 1 aromatic carbocycles. The number of nitrogens with two attached hydrogens (primary N) is 1. The Morgan fingerprint density at radius 1 is 1.35 bits per heavy atom. The molecule has 90 valence electrons. The molecule has 0 aliphatic rings. The summed E-state index contributed by atoms with van der Waals surface area (Å²) in [5.41, 5.74) is 8.08. The lowest BCUT2D eigenvalue weighted by Crippen LogP contribution is -2.07. The first-order valence-corrected chi connectivity index (χ1v) is 5.52. The number of benzene rings is 1. The summed E-state index contributed by atoms with van der Waals surface area (Å²) in [6, 6.07) is 7.35. The molecule has 0 fully saturated rings. The van der Waals surface area contributed by atoms with Crippen LogP contribution in [0.2, 0.25) is 5.02 Å². The number of nitrogens with zero attached hydrogens (tertiary/aromatic N) is 3. The Balaban J connectivity index is 2.43. The van der Waals surface area contributed by atoms with E-state index in [9.17, 15) is 0 Å². The van der Waals surface area contributed by atoms with Crippen LogP contribution in [-0.4, -0.2) is 22.1 Å². The fourth-order valence-electron chi connectivity index (χ4n) is 1.56. The molecule has 2 rings (SSSR count). The van der Waals surface area contributed by atoms with Crippen LogP contribution in [-0.2, 0) is 17.9 Å². The summed E-state index contributed by atoms with van der Waals surface area (Å²) in [4.78, 5) is 0. The molecular weight excluding hydrogens is 240 g/mol. The molecule has 0 aliphatic heterocycles. The summed E-state index contributed by atoms with van der Waals surface area (Å²) < 4.78 is 6.84. The standard InChI is InChI=1S/C11H13ClN4O/c1-17-7-11-10(6-13)14-15-16(11)9-4-2-8(12)3-5-9/h2-5H,6-7,13H2,1H3. The first kappa shape index (κ1) is 12.0. The van der Waals surface area contributed by atoms with Gasteiger partial charge in [-0.1, -0.05) is 16.8 Å². The number of rotatable bonds is 4. The highest BCUT2D eigenvalue weighted by Crippen LogP contribution is 2.16. The molecule has 17 heavy (non-hydrogen) atoms. The average molecular weight is 253 g/mol. The van der Waals surface area contributed by atoms with Gasteiger partial charge >= 0.3 is 0 Å². The molecule has 6 heteroatoms. The number of hydrogen-bond acceptors (Lipinski definition) is 4. The van der Waals surface area contributed by atoms with Crippen molar-refractivity contribution in [3.63, 3.8) is 0 Å². The molecule has 0 bridgehead atoms. The fourth-order valence-corrected chi connectivity index (χ4v) is 1.69. The Morgan fingerprint density at radius 2 is 2.06 bits per heavy atom. The van der Waals surface area contributed by atoms with Gasteiger partial charge in [-0.25, -0.2) is 4.68 Å². The van der Waals surface area contributed by atoms with Crippen molar-refractivity contribution in [2.45, 2.75) is 13.2 Å². The Labute approximate surface area is 104 Å². The zero-order chi connectivity index (χ0) is 12.3. The molecule has 5 nitrogen and oxygen atoms in total. The van der Waals surface area contributed by atoms with Gasteiger partial charge in [-0.2, -0.15) is 0 Å². The molecule has 0 saturated carbocycles. The number of halogens is 1. The van der Waals surface area contributed by atoms with Crippen molar-refractivity contribution in [1.82, 2.24) is 15.0 Å². The molecule has 1 aromatic heterocycles. The molecule has 0 saturated heterocycles. The number of aromatic nitrogens is 3. The maximum atomic E-state index is 5.84. The van der Waals surface area contributed by atoms with Gasteiger partial charge in [0.15, 0.2) is 0 Å². The van der Waals surface area contributed by atoms with E-state index in [2.05, 4.69) is 10.3 Å². The third-order valence-corrected chi connectivity index (χ3v) is 2.64. The van der Waals surface area contributed by atoms with Crippen molar-refractivity contribution in [2.24, 2.45) is 5.73 Å². The van der Waals surface area contributed by atoms with Gasteiger partial charge in [-0.3, -0.25) is 0 Å². The largest absolute Gasteiger partial charge is 0.378 e. The zero-order valence-corrected chi connectivity index (χ0v) is 10.2. The molecule has 0 spiro atoms. The highest BCUT2D eigenvalue weighted by atomic mass is 35.5. The zero-order valence-electron chi connectivity index (χ0n) is 9.43. The second-order valence-electron chi connectivity index (χ2n) is 3.51. The lowest BCUT2D eigenvalue weighted by molar-refractivity contribution is 0.178. The predicted molar refractivity (Wildman–Crippen MR) is 65.0 cm³/mol. The van der Waals surface area contributed by atoms with E-state index in [0.29, 0.717) is 18.2 Å². The van der Waals surface area contributed by atoms with Gasteiger partial charge in [0.25, 0.3) is 0 Å². The highest BCUT2D eigenvalue weighted by Gasteiger charge is 2.12. The van der Waals surface area contributed by atoms with E-state index in [1.807, 2.05) is 12.1 Å². The quantitative estimate of drug-likeness (QED) is 0.896. The highest BCUT2D eigenvalue weighted by molar-refractivity contribution is 6.30. The lowest BCUT2D eigenvalue weighted by Gasteiger charge is -2.06. The van der Waals surface area contributed by atoms with Crippen LogP contribution in [0.15, 0.2) is 24.3 Å². The van der Waals surface area contributed by atoms with Crippen LogP contribution in [0, 0.1) is 0 Å². The Kier molecular flexibility index (Phi) is 3.73. The summed E-state index contributed by atoms with van der Waals surface area (Å²) in [5.74, 6) is 0. The van der Waals surface area contributed by atoms with E-state index < -0.39 is 0 Å². The van der Waals surface area contributed by atoms with Gasteiger partial charge in [0.1, 0.15) is 5.69 Å². The molecule has 0 aliphatic carbocycles. The molecule has 0 atom stereocenters. The minimum absolute atomic E-state index is 0.340. The van der Waals surface area contributed by atoms with Crippen molar-refractivity contribution in [3.8, 4) is 5.69 Å². The third kappa shape index (κ3) is 2.46. The number of methoxy groups -OCH3 is 1. The van der Waals surface area contributed by atoms with E-state index >= 15 is 0 Å². The van der Waals surface area contributed by atoms with Crippen molar-refractivity contribution >= 4 is 11.6 Å². The van der Waals surface area contributed by atoms with Crippen LogP contribution >= 0.6 is 11.6 Å². The monoisotopic (exact) mass is 252 g/mol. The second kappa shape index (κ2) is 5.27. The first-order valence-electron chi connectivity index (χ1n) is 5.14. The summed E-state index contributed by atoms with van der Waals surface area (Å²) in [6.07, 6.45) is 0. The van der Waals surface area contributed by atoms with Crippen LogP contribution in [0.5, 0.6) is 0 Å². The number of ether oxygens (including phenoxy) is 1. The maximum absolute atomic E-state index is 5.84. The SMILES string of the molecule is COCc1c(CN)nnn1-c1ccc(Cl)cc1. The Hall–Kier alpha value is -1.43. The Bertz CT molecular complexity index is 495. The molecule has 1 heterocycles. The van der Waals surface area contributed by atoms with Crippen LogP contribution in [0.1, 0.15) is 11.4 Å². The van der Waals surface area contributed by atoms with Gasteiger partial charge in [0.2, 0.25) is 0 Å². The van der Waals surface area contributed by atoms with Crippen molar-refractivity contribution in [2.75, 3.05) is 7.11 Å². The van der Waals surface area contributed by atoms with E-state index in [0.717, 1.165) is 17.1 Å². The van der Waals surface area contributed by atoms with Crippen molar-refractivity contribution < 1.29 is 4.74 Å². The third-order valence-electron chi connectivity index (χ3n) is 2.39. The molecule has 0 radical (unpaired) electrons. The van der Waals surface area contributed by atoms with Crippen LogP contribution in [0.4, 0.5) is 0 Å². The minimum Gasteiger partial charge on any atom is -0.378 e. The summed E-state index contributed by atoms with van der Waals surface area (Å²) in [6.45, 7) is 0.758. The van der Waals surface area contributed by atoms with Gasteiger partial charge in [-0.05, 0) is 24.3 Å². The van der Waals surface area contributed by atoms with E-state index in [4.69, 9.17) is 22.1 Å². The molecule has 0 amide bonds. The summed E-state index contributed by atoms with van der Waals surface area (Å²) in [5, 5.41) is 8.78. The fraction of sp³-hybridized carbons (Fsp3) is 0.273. The molecular formula is C11H13ClN4O. The van der Waals surface area contributed by atoms with E-state index in [-0.39, 0.29) is 0 Å². The van der Waals surface area contributed by atoms with Crippen molar-refractivity contribution in [1.29, 1.82) is 0 Å². The predicted octanol–water partition coefficient (Wildman–Crippen LogP) is 1.53. The summed E-state index contributed by atoms with van der Waals surface area (Å²) >= 11 is 5.84. The van der Waals surface area contributed by atoms with Crippen LogP contribution in [0.3, 0.4) is 0 Å². The molecule has 2 aromatic rings. The normalized spacial score (nSPS) is 10.8.